The van der Waals surface area contributed by atoms with Crippen molar-refractivity contribution in [2.75, 3.05) is 0 Å². The number of fused-ring (bicyclic) bond motifs is 2. The second-order valence-corrected chi connectivity index (χ2v) is 9.91. The molecule has 2 heterocycles. The van der Waals surface area contributed by atoms with Gasteiger partial charge in [0.25, 0.3) is 0 Å². The van der Waals surface area contributed by atoms with Gasteiger partial charge >= 0.3 is 17.1 Å². The van der Waals surface area contributed by atoms with Crippen molar-refractivity contribution in [3.63, 3.8) is 0 Å². The number of nitrogens with two attached hydrogens (primary N) is 2. The van der Waals surface area contributed by atoms with Crippen LogP contribution in [0.15, 0.2) is 48.5 Å². The number of benzene rings is 2. The average Bonchev–Trinajstić information content (AvgIpc) is 2.95. The van der Waals surface area contributed by atoms with E-state index in [0.29, 0.717) is 25.9 Å². The number of hydrogen-bond acceptors (Lipinski definition) is 10. The van der Waals surface area contributed by atoms with Gasteiger partial charge in [0, 0.05) is 13.1 Å². The summed E-state index contributed by atoms with van der Waals surface area (Å²) in [5, 5.41) is 32.4. The molecule has 0 aliphatic carbocycles. The predicted octanol–water partition coefficient (Wildman–Crippen LogP) is -4.38. The fourth-order valence-corrected chi connectivity index (χ4v) is 4.61. The number of rotatable bonds is 10. The van der Waals surface area contributed by atoms with E-state index in [1.165, 1.54) is 0 Å². The Labute approximate surface area is 257 Å². The van der Waals surface area contributed by atoms with Crippen molar-refractivity contribution >= 4 is 35.6 Å². The smallest absolute Gasteiger partial charge is 0.548 e. The maximum Gasteiger partial charge on any atom is 2.00 e. The molecule has 0 spiro atoms. The number of primary amides is 2. The van der Waals surface area contributed by atoms with E-state index in [1.807, 2.05) is 48.5 Å². The molecular formula is C28H32CuN6O8. The zero-order chi connectivity index (χ0) is 30.8. The third kappa shape index (κ3) is 10.5. The Balaban J connectivity index is 0.000000293. The summed E-state index contributed by atoms with van der Waals surface area (Å²) >= 11 is 0. The summed E-state index contributed by atoms with van der Waals surface area (Å²) in [4.78, 5) is 67.6. The van der Waals surface area contributed by atoms with Crippen LogP contribution in [0.4, 0.5) is 0 Å². The summed E-state index contributed by atoms with van der Waals surface area (Å²) in [5.41, 5.74) is 14.2. The molecule has 0 fully saturated rings. The zero-order valence-electron chi connectivity index (χ0n) is 22.9. The van der Waals surface area contributed by atoms with Gasteiger partial charge in [-0.25, -0.2) is 0 Å². The van der Waals surface area contributed by atoms with Gasteiger partial charge in [-0.2, -0.15) is 0 Å². The van der Waals surface area contributed by atoms with Crippen LogP contribution in [0.5, 0.6) is 0 Å². The average molecular weight is 644 g/mol. The number of hydrogen-bond donors (Lipinski definition) is 6. The normalized spacial score (nSPS) is 18.0. The Bertz CT molecular complexity index is 1250. The molecule has 8 N–H and O–H groups in total. The molecule has 1 radical (unpaired) electrons. The largest absolute Gasteiger partial charge is 2.00 e. The van der Waals surface area contributed by atoms with Gasteiger partial charge in [0.1, 0.15) is 0 Å². The van der Waals surface area contributed by atoms with Gasteiger partial charge < -0.3 is 52.5 Å². The molecule has 43 heavy (non-hydrogen) atoms. The minimum atomic E-state index is -1.53. The first-order chi connectivity index (χ1) is 19.9. The molecule has 4 amide bonds. The van der Waals surface area contributed by atoms with Crippen LogP contribution in [0.1, 0.15) is 35.1 Å². The van der Waals surface area contributed by atoms with Crippen LogP contribution >= 0.6 is 0 Å². The van der Waals surface area contributed by atoms with Crippen LogP contribution in [0, 0.1) is 0 Å². The molecule has 2 aliphatic rings. The second-order valence-electron chi connectivity index (χ2n) is 9.91. The fraction of sp³-hybridized carbons (Fsp3) is 0.357. The molecular weight excluding hydrogens is 612 g/mol. The van der Waals surface area contributed by atoms with Gasteiger partial charge in [0.05, 0.1) is 48.9 Å². The van der Waals surface area contributed by atoms with Gasteiger partial charge in [-0.15, -0.1) is 0 Å². The maximum atomic E-state index is 12.1. The summed E-state index contributed by atoms with van der Waals surface area (Å²) in [5.74, 6) is -5.66. The molecule has 0 bridgehead atoms. The van der Waals surface area contributed by atoms with E-state index in [0.717, 1.165) is 22.3 Å². The fourth-order valence-electron chi connectivity index (χ4n) is 4.61. The minimum Gasteiger partial charge on any atom is -0.548 e. The molecule has 4 rings (SSSR count). The molecule has 2 aliphatic heterocycles. The quantitative estimate of drug-likeness (QED) is 0.136. The number of carboxylic acid groups (broad SMARTS) is 2. The molecule has 0 saturated heterocycles. The van der Waals surface area contributed by atoms with Crippen LogP contribution in [0.2, 0.25) is 0 Å². The number of carbonyl (C=O) groups is 6. The van der Waals surface area contributed by atoms with E-state index >= 15 is 0 Å². The van der Waals surface area contributed by atoms with E-state index in [-0.39, 0.29) is 17.1 Å². The third-order valence-corrected chi connectivity index (χ3v) is 6.81. The Kier molecular flexibility index (Phi) is 13.3. The predicted molar refractivity (Wildman–Crippen MR) is 143 cm³/mol. The Morgan fingerprint density at radius 1 is 0.674 bits per heavy atom. The van der Waals surface area contributed by atoms with E-state index in [1.54, 1.807) is 0 Å². The van der Waals surface area contributed by atoms with Crippen LogP contribution in [0.25, 0.3) is 0 Å². The maximum absolute atomic E-state index is 12.1. The number of aliphatic carboxylic acids is 2. The van der Waals surface area contributed by atoms with Crippen LogP contribution in [-0.2, 0) is 71.8 Å². The zero-order valence-corrected chi connectivity index (χ0v) is 23.8. The van der Waals surface area contributed by atoms with E-state index in [9.17, 15) is 39.0 Å². The summed E-state index contributed by atoms with van der Waals surface area (Å²) < 4.78 is 0. The molecule has 2 aromatic carbocycles. The van der Waals surface area contributed by atoms with Crippen LogP contribution in [0.3, 0.4) is 0 Å². The van der Waals surface area contributed by atoms with Crippen molar-refractivity contribution in [3.8, 4) is 0 Å². The molecule has 4 atom stereocenters. The van der Waals surface area contributed by atoms with Crippen molar-refractivity contribution in [2.45, 2.75) is 62.9 Å². The third-order valence-electron chi connectivity index (χ3n) is 6.81. The summed E-state index contributed by atoms with van der Waals surface area (Å²) in [6, 6.07) is 11.5. The van der Waals surface area contributed by atoms with Gasteiger partial charge in [-0.3, -0.25) is 19.2 Å². The number of nitrogens with one attached hydrogen (secondary N) is 4. The van der Waals surface area contributed by atoms with Crippen molar-refractivity contribution < 1.29 is 56.0 Å². The van der Waals surface area contributed by atoms with E-state index in [4.69, 9.17) is 11.5 Å². The molecule has 15 heteroatoms. The van der Waals surface area contributed by atoms with E-state index in [2.05, 4.69) is 21.3 Å². The molecule has 233 valence electrons. The minimum absolute atomic E-state index is 0. The van der Waals surface area contributed by atoms with Crippen LogP contribution in [-0.4, -0.2) is 59.7 Å². The Morgan fingerprint density at radius 2 is 1.00 bits per heavy atom. The van der Waals surface area contributed by atoms with E-state index < -0.39 is 72.6 Å². The first-order valence-electron chi connectivity index (χ1n) is 13.1. The Morgan fingerprint density at radius 3 is 1.30 bits per heavy atom. The molecule has 0 saturated carbocycles. The molecule has 2 unspecified atom stereocenters. The van der Waals surface area contributed by atoms with Crippen molar-refractivity contribution in [1.29, 1.82) is 0 Å². The van der Waals surface area contributed by atoms with Gasteiger partial charge in [0.2, 0.25) is 23.6 Å². The van der Waals surface area contributed by atoms with Gasteiger partial charge in [0.15, 0.2) is 0 Å². The standard InChI is InChI=1S/2C14H17N3O4.Cu/c2*15-12(18)6-11(14(20)21)17-13(19)10-5-8-3-1-2-4-9(8)7-16-10;/h2*1-4,10-11,16H,5-7H2,(H2,15,18)(H,17,19)(H,20,21);/q;;+2/p-2/t2*10-,11?;/m00./s1. The van der Waals surface area contributed by atoms with Crippen molar-refractivity contribution in [1.82, 2.24) is 21.3 Å². The molecule has 14 nitrogen and oxygen atoms in total. The first kappa shape index (κ1) is 34.9. The summed E-state index contributed by atoms with van der Waals surface area (Å²) in [6.45, 7) is 1.06. The first-order valence-corrected chi connectivity index (χ1v) is 13.1. The molecule has 0 aromatic heterocycles. The monoisotopic (exact) mass is 643 g/mol. The van der Waals surface area contributed by atoms with Crippen molar-refractivity contribution in [3.05, 3.63) is 70.8 Å². The summed E-state index contributed by atoms with van der Waals surface area (Å²) in [6.07, 6.45) is -0.0640. The second kappa shape index (κ2) is 16.4. The number of carboxylic acids is 2. The van der Waals surface area contributed by atoms with Crippen molar-refractivity contribution in [2.24, 2.45) is 11.5 Å². The summed E-state index contributed by atoms with van der Waals surface area (Å²) in [7, 11) is 0. The Hall–Kier alpha value is -4.30. The topological polar surface area (TPSA) is 249 Å². The molecule has 2 aromatic rings. The number of carbonyl (C=O) groups excluding carboxylic acids is 6. The van der Waals surface area contributed by atoms with Crippen LogP contribution < -0.4 is 42.9 Å². The SMILES string of the molecule is NC(=O)CC(NC(=O)[C@@H]1Cc2ccccc2CN1)C(=O)[O-].NC(=O)CC(NC(=O)[C@@H]1Cc2ccccc2CN1)C(=O)[O-].[Cu+2]. The van der Waals surface area contributed by atoms with Gasteiger partial charge in [-0.05, 0) is 35.1 Å². The van der Waals surface area contributed by atoms with Gasteiger partial charge in [-0.1, -0.05) is 48.5 Å². The number of amides is 4.